The molecule has 6 heteroatoms. The SMILES string of the molecule is Cc1nc(=O)n(C)cc1[N+](=O)[O-]. The van der Waals surface area contributed by atoms with E-state index >= 15 is 0 Å². The molecule has 64 valence electrons. The van der Waals surface area contributed by atoms with E-state index in [1.54, 1.807) is 0 Å². The van der Waals surface area contributed by atoms with E-state index < -0.39 is 10.6 Å². The summed E-state index contributed by atoms with van der Waals surface area (Å²) < 4.78 is 1.07. The second kappa shape index (κ2) is 2.72. The zero-order chi connectivity index (χ0) is 9.30. The molecule has 0 spiro atoms. The topological polar surface area (TPSA) is 78.0 Å². The van der Waals surface area contributed by atoms with Crippen LogP contribution in [-0.2, 0) is 7.05 Å². The fourth-order valence-corrected chi connectivity index (χ4v) is 0.791. The van der Waals surface area contributed by atoms with E-state index in [9.17, 15) is 14.9 Å². The van der Waals surface area contributed by atoms with Gasteiger partial charge < -0.3 is 0 Å². The summed E-state index contributed by atoms with van der Waals surface area (Å²) in [6, 6.07) is 0. The molecule has 1 heterocycles. The fourth-order valence-electron chi connectivity index (χ4n) is 0.791. The molecule has 0 atom stereocenters. The minimum Gasteiger partial charge on any atom is -0.295 e. The highest BCUT2D eigenvalue weighted by Crippen LogP contribution is 2.10. The molecule has 0 N–H and O–H groups in total. The monoisotopic (exact) mass is 169 g/mol. The molecule has 0 aliphatic rings. The smallest absolute Gasteiger partial charge is 0.295 e. The average molecular weight is 169 g/mol. The van der Waals surface area contributed by atoms with Gasteiger partial charge in [-0.1, -0.05) is 0 Å². The molecule has 0 unspecified atom stereocenters. The minimum atomic E-state index is -0.568. The Bertz CT molecular complexity index is 382. The third kappa shape index (κ3) is 1.31. The van der Waals surface area contributed by atoms with Crippen molar-refractivity contribution in [1.29, 1.82) is 0 Å². The number of nitrogens with zero attached hydrogens (tertiary/aromatic N) is 3. The number of hydrogen-bond donors (Lipinski definition) is 0. The molecular formula is C6H7N3O3. The molecule has 0 aromatic carbocycles. The van der Waals surface area contributed by atoms with Gasteiger partial charge >= 0.3 is 11.4 Å². The largest absolute Gasteiger partial charge is 0.347 e. The number of aromatic nitrogens is 2. The van der Waals surface area contributed by atoms with Gasteiger partial charge in [0.25, 0.3) is 0 Å². The van der Waals surface area contributed by atoms with Crippen LogP contribution in [0.3, 0.4) is 0 Å². The van der Waals surface area contributed by atoms with Crippen molar-refractivity contribution in [2.45, 2.75) is 6.92 Å². The minimum absolute atomic E-state index is 0.142. The lowest BCUT2D eigenvalue weighted by Crippen LogP contribution is -2.21. The van der Waals surface area contributed by atoms with Crippen molar-refractivity contribution in [2.24, 2.45) is 7.05 Å². The maximum Gasteiger partial charge on any atom is 0.347 e. The third-order valence-corrected chi connectivity index (χ3v) is 1.45. The van der Waals surface area contributed by atoms with Crippen LogP contribution in [0.25, 0.3) is 0 Å². The van der Waals surface area contributed by atoms with Gasteiger partial charge in [-0.25, -0.2) is 4.79 Å². The molecule has 0 bridgehead atoms. The molecule has 0 amide bonds. The van der Waals surface area contributed by atoms with Crippen molar-refractivity contribution in [3.63, 3.8) is 0 Å². The van der Waals surface area contributed by atoms with Crippen molar-refractivity contribution in [3.05, 3.63) is 32.5 Å². The molecule has 1 rings (SSSR count). The van der Waals surface area contributed by atoms with E-state index in [1.165, 1.54) is 14.0 Å². The molecule has 1 aromatic heterocycles. The first-order valence-electron chi connectivity index (χ1n) is 3.21. The molecule has 0 saturated heterocycles. The Hall–Kier alpha value is -1.72. The predicted octanol–water partition coefficient (Wildman–Crippen LogP) is -0.00308. The highest BCUT2D eigenvalue weighted by molar-refractivity contribution is 5.30. The van der Waals surface area contributed by atoms with Gasteiger partial charge in [0.1, 0.15) is 5.69 Å². The van der Waals surface area contributed by atoms with Crippen molar-refractivity contribution < 1.29 is 4.92 Å². The third-order valence-electron chi connectivity index (χ3n) is 1.45. The Labute approximate surface area is 67.6 Å². The van der Waals surface area contributed by atoms with Crippen LogP contribution in [-0.4, -0.2) is 14.5 Å². The summed E-state index contributed by atoms with van der Waals surface area (Å²) in [5.41, 5.74) is -0.488. The van der Waals surface area contributed by atoms with Crippen LogP contribution in [0.4, 0.5) is 5.69 Å². The lowest BCUT2D eigenvalue weighted by Gasteiger charge is -1.97. The maximum absolute atomic E-state index is 10.8. The van der Waals surface area contributed by atoms with Gasteiger partial charge in [-0.3, -0.25) is 14.7 Å². The summed E-state index contributed by atoms with van der Waals surface area (Å²) in [6.45, 7) is 1.43. The molecule has 12 heavy (non-hydrogen) atoms. The maximum atomic E-state index is 10.8. The zero-order valence-electron chi connectivity index (χ0n) is 6.64. The highest BCUT2D eigenvalue weighted by atomic mass is 16.6. The zero-order valence-corrected chi connectivity index (χ0v) is 6.64. The summed E-state index contributed by atoms with van der Waals surface area (Å²) in [5.74, 6) is 0. The molecular weight excluding hydrogens is 162 g/mol. The first-order valence-corrected chi connectivity index (χ1v) is 3.21. The van der Waals surface area contributed by atoms with Crippen LogP contribution in [0.5, 0.6) is 0 Å². The van der Waals surface area contributed by atoms with Crippen LogP contribution in [0, 0.1) is 17.0 Å². The standard InChI is InChI=1S/C6H7N3O3/c1-4-5(9(11)12)3-8(2)6(10)7-4/h3H,1-2H3. The molecule has 0 radical (unpaired) electrons. The molecule has 0 aliphatic carbocycles. The molecule has 6 nitrogen and oxygen atoms in total. The quantitative estimate of drug-likeness (QED) is 0.437. The fraction of sp³-hybridized carbons (Fsp3) is 0.333. The Morgan fingerprint density at radius 2 is 2.25 bits per heavy atom. The Morgan fingerprint density at radius 1 is 1.67 bits per heavy atom. The number of hydrogen-bond acceptors (Lipinski definition) is 4. The van der Waals surface area contributed by atoms with Crippen LogP contribution in [0.1, 0.15) is 5.69 Å². The molecule has 0 saturated carbocycles. The van der Waals surface area contributed by atoms with Gasteiger partial charge in [-0.15, -0.1) is 0 Å². The second-order valence-electron chi connectivity index (χ2n) is 2.36. The predicted molar refractivity (Wildman–Crippen MR) is 40.9 cm³/mol. The average Bonchev–Trinajstić information content (AvgIpc) is 1.96. The molecule has 0 fully saturated rings. The van der Waals surface area contributed by atoms with Gasteiger partial charge in [0.15, 0.2) is 0 Å². The summed E-state index contributed by atoms with van der Waals surface area (Å²) in [6.07, 6.45) is 1.16. The number of rotatable bonds is 1. The first kappa shape index (κ1) is 8.38. The summed E-state index contributed by atoms with van der Waals surface area (Å²) >= 11 is 0. The normalized spacial score (nSPS) is 9.83. The van der Waals surface area contributed by atoms with E-state index in [0.717, 1.165) is 10.8 Å². The second-order valence-corrected chi connectivity index (χ2v) is 2.36. The van der Waals surface area contributed by atoms with Gasteiger partial charge in [0.2, 0.25) is 0 Å². The highest BCUT2D eigenvalue weighted by Gasteiger charge is 2.12. The van der Waals surface area contributed by atoms with E-state index in [2.05, 4.69) is 4.98 Å². The van der Waals surface area contributed by atoms with Crippen molar-refractivity contribution in [1.82, 2.24) is 9.55 Å². The Morgan fingerprint density at radius 3 is 2.75 bits per heavy atom. The van der Waals surface area contributed by atoms with E-state index in [-0.39, 0.29) is 11.4 Å². The summed E-state index contributed by atoms with van der Waals surface area (Å²) in [7, 11) is 1.42. The van der Waals surface area contributed by atoms with E-state index in [4.69, 9.17) is 0 Å². The Balaban J connectivity index is 3.43. The number of nitro groups is 1. The van der Waals surface area contributed by atoms with Gasteiger partial charge in [-0.2, -0.15) is 4.98 Å². The van der Waals surface area contributed by atoms with Crippen molar-refractivity contribution >= 4 is 5.69 Å². The lowest BCUT2D eigenvalue weighted by atomic mass is 10.4. The number of aryl methyl sites for hydroxylation is 2. The van der Waals surface area contributed by atoms with E-state index in [1.807, 2.05) is 0 Å². The summed E-state index contributed by atoms with van der Waals surface area (Å²) in [5, 5.41) is 10.3. The Kier molecular flexibility index (Phi) is 1.90. The van der Waals surface area contributed by atoms with E-state index in [0.29, 0.717) is 0 Å². The van der Waals surface area contributed by atoms with Gasteiger partial charge in [0.05, 0.1) is 11.1 Å². The first-order chi connectivity index (χ1) is 5.52. The van der Waals surface area contributed by atoms with Crippen LogP contribution >= 0.6 is 0 Å². The van der Waals surface area contributed by atoms with Crippen LogP contribution < -0.4 is 5.69 Å². The van der Waals surface area contributed by atoms with Gasteiger partial charge in [-0.05, 0) is 6.92 Å². The molecule has 0 aliphatic heterocycles. The summed E-state index contributed by atoms with van der Waals surface area (Å²) in [4.78, 5) is 24.1. The van der Waals surface area contributed by atoms with Crippen molar-refractivity contribution in [2.75, 3.05) is 0 Å². The lowest BCUT2D eigenvalue weighted by molar-refractivity contribution is -0.386. The molecule has 1 aromatic rings. The van der Waals surface area contributed by atoms with Crippen LogP contribution in [0.2, 0.25) is 0 Å². The van der Waals surface area contributed by atoms with Crippen molar-refractivity contribution in [3.8, 4) is 0 Å². The van der Waals surface area contributed by atoms with Gasteiger partial charge in [0, 0.05) is 7.05 Å². The van der Waals surface area contributed by atoms with Crippen LogP contribution in [0.15, 0.2) is 11.0 Å².